The van der Waals surface area contributed by atoms with Crippen LogP contribution in [0.3, 0.4) is 0 Å². The summed E-state index contributed by atoms with van der Waals surface area (Å²) in [6, 6.07) is 28.2. The largest absolute Gasteiger partial charge is 0.462 e. The first-order chi connectivity index (χ1) is 19.5. The smallest absolute Gasteiger partial charge is 0.415 e. The van der Waals surface area contributed by atoms with Crippen molar-refractivity contribution in [3.63, 3.8) is 0 Å². The van der Waals surface area contributed by atoms with Crippen molar-refractivity contribution < 1.29 is 27.9 Å². The number of esters is 1. The van der Waals surface area contributed by atoms with E-state index in [2.05, 4.69) is 0 Å². The van der Waals surface area contributed by atoms with Crippen molar-refractivity contribution in [3.8, 4) is 22.5 Å². The van der Waals surface area contributed by atoms with E-state index in [-0.39, 0.29) is 24.0 Å². The lowest BCUT2D eigenvalue weighted by Gasteiger charge is -2.24. The molecule has 0 N–H and O–H groups in total. The van der Waals surface area contributed by atoms with E-state index in [4.69, 9.17) is 13.9 Å². The van der Waals surface area contributed by atoms with Gasteiger partial charge in [0.15, 0.2) is 0 Å². The maximum absolute atomic E-state index is 13.7. The Hall–Kier alpha value is -4.91. The Morgan fingerprint density at radius 3 is 2.27 bits per heavy atom. The van der Waals surface area contributed by atoms with Gasteiger partial charge in [0.05, 0.1) is 18.3 Å². The van der Waals surface area contributed by atoms with Crippen molar-refractivity contribution in [2.75, 3.05) is 11.5 Å². The SMILES string of the molecule is CCOC(=O)c1c(-c2ccc(F)cc2)oc2cc(N3C(=O)O[C@H](c4ccccc4)[C@@H]3C)c(-c3ccccc3)cc12. The van der Waals surface area contributed by atoms with Crippen LogP contribution in [0.2, 0.25) is 0 Å². The van der Waals surface area contributed by atoms with E-state index in [1.807, 2.05) is 73.7 Å². The summed E-state index contributed by atoms with van der Waals surface area (Å²) in [6.45, 7) is 3.85. The monoisotopic (exact) mass is 535 g/mol. The van der Waals surface area contributed by atoms with Crippen LogP contribution in [-0.2, 0) is 9.47 Å². The first-order valence-corrected chi connectivity index (χ1v) is 13.1. The number of carbonyl (C=O) groups is 2. The molecule has 0 spiro atoms. The Bertz CT molecular complexity index is 1700. The van der Waals surface area contributed by atoms with E-state index < -0.39 is 24.0 Å². The van der Waals surface area contributed by atoms with Crippen LogP contribution in [-0.4, -0.2) is 24.7 Å². The number of carbonyl (C=O) groups excluding carboxylic acids is 2. The molecule has 200 valence electrons. The lowest BCUT2D eigenvalue weighted by atomic mass is 9.97. The summed E-state index contributed by atoms with van der Waals surface area (Å²) in [6.07, 6.45) is -0.941. The van der Waals surface area contributed by atoms with Gasteiger partial charge in [-0.1, -0.05) is 60.7 Å². The third-order valence-electron chi connectivity index (χ3n) is 7.13. The Morgan fingerprint density at radius 1 is 0.925 bits per heavy atom. The van der Waals surface area contributed by atoms with E-state index in [1.165, 1.54) is 12.1 Å². The molecular weight excluding hydrogens is 509 g/mol. The van der Waals surface area contributed by atoms with Gasteiger partial charge in [-0.2, -0.15) is 0 Å². The highest BCUT2D eigenvalue weighted by molar-refractivity contribution is 6.12. The molecule has 0 bridgehead atoms. The number of cyclic esters (lactones) is 1. The Balaban J connectivity index is 1.58. The van der Waals surface area contributed by atoms with Crippen LogP contribution >= 0.6 is 0 Å². The molecule has 1 aromatic heterocycles. The second kappa shape index (κ2) is 10.3. The molecule has 0 unspecified atom stereocenters. The molecule has 0 aliphatic carbocycles. The van der Waals surface area contributed by atoms with Gasteiger partial charge in [0.2, 0.25) is 0 Å². The van der Waals surface area contributed by atoms with Crippen LogP contribution in [0, 0.1) is 5.82 Å². The summed E-state index contributed by atoms with van der Waals surface area (Å²) in [4.78, 5) is 28.2. The van der Waals surface area contributed by atoms with Crippen LogP contribution < -0.4 is 4.90 Å². The Labute approximate surface area is 230 Å². The van der Waals surface area contributed by atoms with E-state index in [1.54, 1.807) is 30.0 Å². The van der Waals surface area contributed by atoms with Crippen molar-refractivity contribution in [1.82, 2.24) is 0 Å². The number of amides is 1. The van der Waals surface area contributed by atoms with Crippen molar-refractivity contribution in [3.05, 3.63) is 114 Å². The average Bonchev–Trinajstić information content (AvgIpc) is 3.49. The zero-order chi connectivity index (χ0) is 27.8. The number of fused-ring (bicyclic) bond motifs is 1. The molecule has 5 aromatic rings. The summed E-state index contributed by atoms with van der Waals surface area (Å²) in [5, 5.41) is 0.528. The fraction of sp³-hybridized carbons (Fsp3) is 0.152. The summed E-state index contributed by atoms with van der Waals surface area (Å²) in [7, 11) is 0. The molecule has 1 fully saturated rings. The molecule has 0 radical (unpaired) electrons. The average molecular weight is 536 g/mol. The molecule has 1 amide bonds. The van der Waals surface area contributed by atoms with Crippen LogP contribution in [0.5, 0.6) is 0 Å². The lowest BCUT2D eigenvalue weighted by molar-refractivity contribution is 0.0528. The number of hydrogen-bond donors (Lipinski definition) is 0. The fourth-order valence-electron chi connectivity index (χ4n) is 5.26. The number of furan rings is 1. The van der Waals surface area contributed by atoms with Crippen LogP contribution in [0.4, 0.5) is 14.9 Å². The van der Waals surface area contributed by atoms with Crippen molar-refractivity contribution in [2.24, 2.45) is 0 Å². The molecule has 1 aliphatic rings. The molecule has 6 nitrogen and oxygen atoms in total. The van der Waals surface area contributed by atoms with Gasteiger partial charge in [0.25, 0.3) is 0 Å². The highest BCUT2D eigenvalue weighted by Crippen LogP contribution is 2.45. The number of benzene rings is 4. The molecule has 0 saturated carbocycles. The molecule has 1 aliphatic heterocycles. The van der Waals surface area contributed by atoms with Crippen LogP contribution in [0.25, 0.3) is 33.4 Å². The number of rotatable bonds is 6. The van der Waals surface area contributed by atoms with Crippen LogP contribution in [0.15, 0.2) is 101 Å². The van der Waals surface area contributed by atoms with Crippen molar-refractivity contribution in [1.29, 1.82) is 0 Å². The van der Waals surface area contributed by atoms with Crippen molar-refractivity contribution >= 4 is 28.7 Å². The van der Waals surface area contributed by atoms with E-state index in [9.17, 15) is 14.0 Å². The van der Waals surface area contributed by atoms with E-state index in [0.29, 0.717) is 22.2 Å². The quantitative estimate of drug-likeness (QED) is 0.205. The third-order valence-corrected chi connectivity index (χ3v) is 7.13. The maximum Gasteiger partial charge on any atom is 0.415 e. The minimum atomic E-state index is -0.551. The fourth-order valence-corrected chi connectivity index (χ4v) is 5.26. The minimum Gasteiger partial charge on any atom is -0.462 e. The van der Waals surface area contributed by atoms with Gasteiger partial charge >= 0.3 is 12.1 Å². The van der Waals surface area contributed by atoms with Gasteiger partial charge in [-0.15, -0.1) is 0 Å². The molecule has 6 rings (SSSR count). The first-order valence-electron chi connectivity index (χ1n) is 13.1. The molecule has 40 heavy (non-hydrogen) atoms. The lowest BCUT2D eigenvalue weighted by Crippen LogP contribution is -2.32. The van der Waals surface area contributed by atoms with Gasteiger partial charge in [0.1, 0.15) is 28.8 Å². The van der Waals surface area contributed by atoms with Gasteiger partial charge in [0, 0.05) is 22.6 Å². The van der Waals surface area contributed by atoms with Crippen molar-refractivity contribution in [2.45, 2.75) is 26.0 Å². The summed E-state index contributed by atoms with van der Waals surface area (Å²) >= 11 is 0. The van der Waals surface area contributed by atoms with Crippen LogP contribution in [0.1, 0.15) is 35.9 Å². The molecule has 7 heteroatoms. The topological polar surface area (TPSA) is 69.0 Å². The van der Waals surface area contributed by atoms with Gasteiger partial charge in [-0.25, -0.2) is 14.0 Å². The van der Waals surface area contributed by atoms with Gasteiger partial charge in [-0.3, -0.25) is 4.90 Å². The normalized spacial score (nSPS) is 16.8. The number of hydrogen-bond acceptors (Lipinski definition) is 5. The Kier molecular flexibility index (Phi) is 6.56. The number of nitrogens with zero attached hydrogens (tertiary/aromatic N) is 1. The predicted molar refractivity (Wildman–Crippen MR) is 151 cm³/mol. The summed E-state index contributed by atoms with van der Waals surface area (Å²) < 4.78 is 31.2. The van der Waals surface area contributed by atoms with E-state index in [0.717, 1.165) is 16.7 Å². The maximum atomic E-state index is 13.7. The predicted octanol–water partition coefficient (Wildman–Crippen LogP) is 8.17. The molecular formula is C33H26FNO5. The number of ether oxygens (including phenoxy) is 2. The molecule has 4 aromatic carbocycles. The molecule has 1 saturated heterocycles. The molecule has 2 heterocycles. The minimum absolute atomic E-state index is 0.177. The summed E-state index contributed by atoms with van der Waals surface area (Å²) in [5.41, 5.74) is 4.22. The van der Waals surface area contributed by atoms with Gasteiger partial charge in [-0.05, 0) is 55.3 Å². The van der Waals surface area contributed by atoms with E-state index >= 15 is 0 Å². The zero-order valence-electron chi connectivity index (χ0n) is 22.0. The third kappa shape index (κ3) is 4.39. The number of halogens is 1. The zero-order valence-corrected chi connectivity index (χ0v) is 22.0. The highest BCUT2D eigenvalue weighted by Gasteiger charge is 2.42. The van der Waals surface area contributed by atoms with Gasteiger partial charge < -0.3 is 13.9 Å². The second-order valence-corrected chi connectivity index (χ2v) is 9.59. The highest BCUT2D eigenvalue weighted by atomic mass is 19.1. The second-order valence-electron chi connectivity index (χ2n) is 9.59. The molecule has 2 atom stereocenters. The standard InChI is InChI=1S/C33H26FNO5/c1-3-38-32(36)29-26-18-25(21-10-6-4-7-11-21)27(19-28(26)39-31(29)23-14-16-24(34)17-15-23)35-20(2)30(40-33(35)37)22-12-8-5-9-13-22/h4-20,30H,3H2,1-2H3/t20-,30-/m0/s1. The first kappa shape index (κ1) is 25.4. The Morgan fingerprint density at radius 2 is 1.60 bits per heavy atom. The number of anilines is 1. The summed E-state index contributed by atoms with van der Waals surface area (Å²) in [5.74, 6) is -0.685.